The van der Waals surface area contributed by atoms with Crippen molar-refractivity contribution in [3.05, 3.63) is 70.5 Å². The van der Waals surface area contributed by atoms with Gasteiger partial charge in [-0.1, -0.05) is 25.4 Å². The average Bonchev–Trinajstić information content (AvgIpc) is 3.23. The van der Waals surface area contributed by atoms with Gasteiger partial charge in [0.2, 0.25) is 11.7 Å². The SMILES string of the molecule is Cc1nn(CC(C)C)c(Cl)c1/C=C/C(=O)Nc1ccc(C(=O)c2nccn2C)cc1. The number of carbonyl (C=O) groups is 2. The van der Waals surface area contributed by atoms with E-state index in [0.29, 0.717) is 34.7 Å². The Labute approximate surface area is 180 Å². The summed E-state index contributed by atoms with van der Waals surface area (Å²) in [5.41, 5.74) is 2.57. The summed E-state index contributed by atoms with van der Waals surface area (Å²) >= 11 is 6.40. The number of amides is 1. The van der Waals surface area contributed by atoms with Gasteiger partial charge in [0.25, 0.3) is 0 Å². The molecule has 8 heteroatoms. The number of ketones is 1. The number of nitrogens with zero attached hydrogens (tertiary/aromatic N) is 4. The Morgan fingerprint density at radius 3 is 2.53 bits per heavy atom. The van der Waals surface area contributed by atoms with Gasteiger partial charge in [0.15, 0.2) is 5.82 Å². The van der Waals surface area contributed by atoms with E-state index in [-0.39, 0.29) is 11.7 Å². The quantitative estimate of drug-likeness (QED) is 0.456. The molecule has 0 saturated carbocycles. The molecule has 0 unspecified atom stereocenters. The van der Waals surface area contributed by atoms with Crippen molar-refractivity contribution in [1.82, 2.24) is 19.3 Å². The van der Waals surface area contributed by atoms with E-state index in [1.54, 1.807) is 59.0 Å². The van der Waals surface area contributed by atoms with Gasteiger partial charge in [0.05, 0.1) is 5.69 Å². The largest absolute Gasteiger partial charge is 0.331 e. The Balaban J connectivity index is 1.66. The van der Waals surface area contributed by atoms with Crippen molar-refractivity contribution in [2.45, 2.75) is 27.3 Å². The van der Waals surface area contributed by atoms with E-state index in [4.69, 9.17) is 11.6 Å². The van der Waals surface area contributed by atoms with Crippen molar-refractivity contribution in [2.75, 3.05) is 5.32 Å². The zero-order chi connectivity index (χ0) is 21.8. The van der Waals surface area contributed by atoms with Gasteiger partial charge in [-0.15, -0.1) is 0 Å². The van der Waals surface area contributed by atoms with Crippen LogP contribution in [0.15, 0.2) is 42.7 Å². The van der Waals surface area contributed by atoms with Crippen molar-refractivity contribution in [3.63, 3.8) is 0 Å². The van der Waals surface area contributed by atoms with E-state index < -0.39 is 0 Å². The standard InChI is InChI=1S/C22H24ClN5O2/c1-14(2)13-28-21(23)18(15(3)26-28)9-10-19(29)25-17-7-5-16(6-8-17)20(30)22-24-11-12-27(22)4/h5-12,14H,13H2,1-4H3,(H,25,29)/b10-9+. The lowest BCUT2D eigenvalue weighted by molar-refractivity contribution is -0.111. The molecule has 0 saturated heterocycles. The number of carbonyl (C=O) groups excluding carboxylic acids is 2. The van der Waals surface area contributed by atoms with Gasteiger partial charge in [-0.3, -0.25) is 14.3 Å². The molecule has 3 rings (SSSR count). The number of anilines is 1. The van der Waals surface area contributed by atoms with Crippen LogP contribution >= 0.6 is 11.6 Å². The molecule has 0 spiro atoms. The molecule has 1 N–H and O–H groups in total. The van der Waals surface area contributed by atoms with Crippen LogP contribution in [0.5, 0.6) is 0 Å². The molecule has 0 radical (unpaired) electrons. The molecule has 1 aromatic carbocycles. The van der Waals surface area contributed by atoms with Crippen LogP contribution in [0.25, 0.3) is 6.08 Å². The molecule has 0 aliphatic heterocycles. The van der Waals surface area contributed by atoms with Crippen LogP contribution in [-0.2, 0) is 18.4 Å². The van der Waals surface area contributed by atoms with E-state index in [1.807, 2.05) is 6.92 Å². The molecule has 0 fully saturated rings. The molecule has 7 nitrogen and oxygen atoms in total. The van der Waals surface area contributed by atoms with Crippen LogP contribution in [0, 0.1) is 12.8 Å². The van der Waals surface area contributed by atoms with Crippen LogP contribution in [0.4, 0.5) is 5.69 Å². The summed E-state index contributed by atoms with van der Waals surface area (Å²) in [6, 6.07) is 6.68. The van der Waals surface area contributed by atoms with E-state index in [0.717, 1.165) is 11.3 Å². The number of benzene rings is 1. The summed E-state index contributed by atoms with van der Waals surface area (Å²) in [6.45, 7) is 6.75. The van der Waals surface area contributed by atoms with Crippen molar-refractivity contribution in [1.29, 1.82) is 0 Å². The predicted octanol–water partition coefficient (Wildman–Crippen LogP) is 4.12. The number of hydrogen-bond donors (Lipinski definition) is 1. The highest BCUT2D eigenvalue weighted by atomic mass is 35.5. The second kappa shape index (κ2) is 9.09. The minimum atomic E-state index is -0.301. The highest BCUT2D eigenvalue weighted by Gasteiger charge is 2.14. The van der Waals surface area contributed by atoms with Crippen molar-refractivity contribution < 1.29 is 9.59 Å². The Kier molecular flexibility index (Phi) is 6.52. The van der Waals surface area contributed by atoms with Crippen molar-refractivity contribution in [2.24, 2.45) is 13.0 Å². The smallest absolute Gasteiger partial charge is 0.248 e. The van der Waals surface area contributed by atoms with E-state index >= 15 is 0 Å². The molecule has 2 heterocycles. The summed E-state index contributed by atoms with van der Waals surface area (Å²) in [5.74, 6) is 0.295. The zero-order valence-electron chi connectivity index (χ0n) is 17.4. The molecule has 156 valence electrons. The highest BCUT2D eigenvalue weighted by molar-refractivity contribution is 6.31. The Morgan fingerprint density at radius 1 is 1.23 bits per heavy atom. The summed E-state index contributed by atoms with van der Waals surface area (Å²) in [4.78, 5) is 28.8. The maximum absolute atomic E-state index is 12.5. The lowest BCUT2D eigenvalue weighted by atomic mass is 10.1. The maximum atomic E-state index is 12.5. The number of halogens is 1. The summed E-state index contributed by atoms with van der Waals surface area (Å²) in [6.07, 6.45) is 6.38. The summed E-state index contributed by atoms with van der Waals surface area (Å²) in [5, 5.41) is 7.72. The van der Waals surface area contributed by atoms with E-state index in [9.17, 15) is 9.59 Å². The third kappa shape index (κ3) is 4.86. The van der Waals surface area contributed by atoms with Crippen molar-refractivity contribution >= 4 is 35.1 Å². The maximum Gasteiger partial charge on any atom is 0.248 e. The third-order valence-corrected chi connectivity index (χ3v) is 4.89. The third-order valence-electron chi connectivity index (χ3n) is 4.49. The van der Waals surface area contributed by atoms with E-state index in [2.05, 4.69) is 29.2 Å². The Bertz CT molecular complexity index is 1090. The molecule has 0 atom stereocenters. The van der Waals surface area contributed by atoms with Crippen LogP contribution in [0.3, 0.4) is 0 Å². The molecular formula is C22H24ClN5O2. The summed E-state index contributed by atoms with van der Waals surface area (Å²) < 4.78 is 3.41. The molecule has 0 bridgehead atoms. The van der Waals surface area contributed by atoms with Crippen LogP contribution in [0.1, 0.15) is 41.3 Å². The minimum absolute atomic E-state index is 0.177. The Hall–Kier alpha value is -3.19. The molecule has 0 aliphatic carbocycles. The molecule has 2 aromatic heterocycles. The van der Waals surface area contributed by atoms with Gasteiger partial charge in [-0.25, -0.2) is 4.98 Å². The summed E-state index contributed by atoms with van der Waals surface area (Å²) in [7, 11) is 1.77. The number of hydrogen-bond acceptors (Lipinski definition) is 4. The predicted molar refractivity (Wildman–Crippen MR) is 118 cm³/mol. The second-order valence-corrected chi connectivity index (χ2v) is 7.81. The second-order valence-electron chi connectivity index (χ2n) is 7.46. The number of aryl methyl sites for hydroxylation is 2. The first-order valence-electron chi connectivity index (χ1n) is 9.60. The topological polar surface area (TPSA) is 81.8 Å². The zero-order valence-corrected chi connectivity index (χ0v) is 18.1. The van der Waals surface area contributed by atoms with Gasteiger partial charge in [-0.2, -0.15) is 5.10 Å². The molecule has 30 heavy (non-hydrogen) atoms. The van der Waals surface area contributed by atoms with E-state index in [1.165, 1.54) is 6.08 Å². The van der Waals surface area contributed by atoms with Crippen LogP contribution < -0.4 is 5.32 Å². The number of rotatable bonds is 7. The normalized spacial score (nSPS) is 11.4. The monoisotopic (exact) mass is 425 g/mol. The first kappa shape index (κ1) is 21.5. The first-order valence-corrected chi connectivity index (χ1v) is 9.98. The molecule has 0 aliphatic rings. The number of imidazole rings is 1. The fourth-order valence-electron chi connectivity index (χ4n) is 2.98. The first-order chi connectivity index (χ1) is 14.3. The van der Waals surface area contributed by atoms with Gasteiger partial charge in [0, 0.05) is 48.9 Å². The van der Waals surface area contributed by atoms with Gasteiger partial charge in [-0.05, 0) is 43.2 Å². The van der Waals surface area contributed by atoms with Gasteiger partial charge >= 0.3 is 0 Å². The Morgan fingerprint density at radius 2 is 1.93 bits per heavy atom. The highest BCUT2D eigenvalue weighted by Crippen LogP contribution is 2.22. The van der Waals surface area contributed by atoms with Crippen molar-refractivity contribution in [3.8, 4) is 0 Å². The van der Waals surface area contributed by atoms with Crippen LogP contribution in [-0.4, -0.2) is 31.0 Å². The van der Waals surface area contributed by atoms with Gasteiger partial charge < -0.3 is 9.88 Å². The van der Waals surface area contributed by atoms with Gasteiger partial charge in [0.1, 0.15) is 5.15 Å². The molecule has 3 aromatic rings. The number of aromatic nitrogens is 4. The fraction of sp³-hybridized carbons (Fsp3) is 0.273. The minimum Gasteiger partial charge on any atom is -0.331 e. The fourth-order valence-corrected chi connectivity index (χ4v) is 3.29. The lowest BCUT2D eigenvalue weighted by Crippen LogP contribution is -2.10. The lowest BCUT2D eigenvalue weighted by Gasteiger charge is -2.06. The van der Waals surface area contributed by atoms with Crippen LogP contribution in [0.2, 0.25) is 5.15 Å². The average molecular weight is 426 g/mol. The number of nitrogens with one attached hydrogen (secondary N) is 1. The molecule has 1 amide bonds. The molecular weight excluding hydrogens is 402 g/mol.